The molecule has 0 saturated carbocycles. The molecular formula is C40H46B2Cl4O4Zr2. The van der Waals surface area contributed by atoms with Crippen molar-refractivity contribution >= 4 is 71.6 Å². The van der Waals surface area contributed by atoms with Gasteiger partial charge in [-0.25, -0.2) is 48.5 Å². The van der Waals surface area contributed by atoms with E-state index in [-0.39, 0.29) is 63.1 Å². The summed E-state index contributed by atoms with van der Waals surface area (Å²) >= 11 is 19.1. The normalized spacial score (nSPS) is 8.42. The quantitative estimate of drug-likeness (QED) is 0.113. The second-order valence-corrected chi connectivity index (χ2v) is 12.0. The molecule has 0 aliphatic carbocycles. The third-order valence-electron chi connectivity index (χ3n) is 6.17. The van der Waals surface area contributed by atoms with Crippen LogP contribution in [0, 0.1) is 41.5 Å². The van der Waals surface area contributed by atoms with E-state index in [4.69, 9.17) is 46.4 Å². The molecule has 6 aromatic rings. The molecule has 0 saturated heterocycles. The maximum absolute atomic E-state index is 10.7. The number of hydrogen-bond donors (Lipinski definition) is 0. The van der Waals surface area contributed by atoms with Crippen LogP contribution in [0.25, 0.3) is 0 Å². The third-order valence-corrected chi connectivity index (χ3v) is 6.17. The van der Waals surface area contributed by atoms with Crippen molar-refractivity contribution in [1.29, 1.82) is 0 Å². The van der Waals surface area contributed by atoms with Gasteiger partial charge in [-0.05, 0) is 41.5 Å². The van der Waals surface area contributed by atoms with Gasteiger partial charge in [-0.3, -0.25) is 0 Å². The van der Waals surface area contributed by atoms with E-state index in [0.717, 1.165) is 33.4 Å². The Balaban J connectivity index is -0.000000266. The van der Waals surface area contributed by atoms with Crippen molar-refractivity contribution in [1.82, 2.24) is 0 Å². The molecule has 0 unspecified atom stereocenters. The Bertz CT molecular complexity index is 1230. The van der Waals surface area contributed by atoms with Crippen LogP contribution in [0.15, 0.2) is 146 Å². The number of benzene rings is 2. The van der Waals surface area contributed by atoms with Crippen LogP contribution in [0.4, 0.5) is 0 Å². The Hall–Kier alpha value is -1.26. The van der Waals surface area contributed by atoms with E-state index in [2.05, 4.69) is 0 Å². The molecule has 272 valence electrons. The van der Waals surface area contributed by atoms with Gasteiger partial charge in [0, 0.05) is 0 Å². The molecule has 0 aliphatic heterocycles. The summed E-state index contributed by atoms with van der Waals surface area (Å²) in [6, 6.07) is 47.5. The molecule has 0 aromatic heterocycles. The van der Waals surface area contributed by atoms with Crippen LogP contribution in [-0.4, -0.2) is 24.9 Å². The van der Waals surface area contributed by atoms with E-state index < -0.39 is 14.2 Å². The second kappa shape index (κ2) is 39.4. The molecule has 52 heavy (non-hydrogen) atoms. The van der Waals surface area contributed by atoms with Gasteiger partial charge in [0.15, 0.2) is 0 Å². The molecule has 0 aliphatic rings. The van der Waals surface area contributed by atoms with E-state index in [0.29, 0.717) is 10.9 Å². The molecule has 4 nitrogen and oxygen atoms in total. The van der Waals surface area contributed by atoms with Gasteiger partial charge in [-0.1, -0.05) is 71.9 Å². The van der Waals surface area contributed by atoms with Gasteiger partial charge in [0.1, 0.15) is 0 Å². The molecule has 6 aromatic carbocycles. The summed E-state index contributed by atoms with van der Waals surface area (Å²) in [5.74, 6) is 0. The molecule has 12 heteroatoms. The summed E-state index contributed by atoms with van der Waals surface area (Å²) in [7, 11) is -3.71. The van der Waals surface area contributed by atoms with Crippen LogP contribution in [-0.2, 0) is 52.4 Å². The third kappa shape index (κ3) is 32.2. The van der Waals surface area contributed by atoms with Crippen LogP contribution >= 0.6 is 46.4 Å². The van der Waals surface area contributed by atoms with Crippen LogP contribution < -0.4 is 31.0 Å². The molecule has 0 atom stereocenters. The SMILES string of the molecule is Cc1cc(C)c(B([O-])[O-])c(C)c1.Cc1cc(C)c(B([O-])[O-])c(C)c1.ClCCl.ClCCl.[Zr+4].[Zr+4].c1cc[cH-]c1.c1cc[cH-]c1.c1cc[cH-]c1.c1cc[cH-]c1. The van der Waals surface area contributed by atoms with E-state index in [1.54, 1.807) is 27.7 Å². The van der Waals surface area contributed by atoms with Crippen molar-refractivity contribution in [2.75, 3.05) is 10.7 Å². The molecule has 0 spiro atoms. The van der Waals surface area contributed by atoms with Crippen LogP contribution in [0.5, 0.6) is 0 Å². The van der Waals surface area contributed by atoms with Crippen molar-refractivity contribution in [2.45, 2.75) is 41.5 Å². The number of alkyl halides is 4. The van der Waals surface area contributed by atoms with Gasteiger partial charge >= 0.3 is 52.4 Å². The van der Waals surface area contributed by atoms with Crippen LogP contribution in [0.2, 0.25) is 0 Å². The molecule has 0 bridgehead atoms. The maximum Gasteiger partial charge on any atom is 4.00 e. The summed E-state index contributed by atoms with van der Waals surface area (Å²) in [5.41, 5.74) is 6.22. The van der Waals surface area contributed by atoms with E-state index >= 15 is 0 Å². The fourth-order valence-electron chi connectivity index (χ4n) is 4.41. The first kappa shape index (κ1) is 57.5. The molecule has 6 rings (SSSR count). The Morgan fingerprint density at radius 1 is 0.404 bits per heavy atom. The average molecular weight is 937 g/mol. The zero-order chi connectivity index (χ0) is 38.2. The van der Waals surface area contributed by atoms with Crippen molar-refractivity contribution in [2.24, 2.45) is 0 Å². The van der Waals surface area contributed by atoms with Crippen molar-refractivity contribution < 1.29 is 72.5 Å². The Labute approximate surface area is 371 Å². The van der Waals surface area contributed by atoms with E-state index in [9.17, 15) is 20.1 Å². The van der Waals surface area contributed by atoms with Crippen molar-refractivity contribution in [3.63, 3.8) is 0 Å². The monoisotopic (exact) mass is 932 g/mol. The maximum atomic E-state index is 10.7. The van der Waals surface area contributed by atoms with E-state index in [1.165, 1.54) is 0 Å². The number of aryl methyl sites for hydroxylation is 6. The largest absolute Gasteiger partial charge is 4.00 e. The fraction of sp³-hybridized carbons (Fsp3) is 0.200. The Morgan fingerprint density at radius 3 is 0.654 bits per heavy atom. The molecule has 0 radical (unpaired) electrons. The first-order valence-corrected chi connectivity index (χ1v) is 17.7. The summed E-state index contributed by atoms with van der Waals surface area (Å²) in [5, 5.41) is 43.3. The minimum absolute atomic E-state index is 0. The fourth-order valence-corrected chi connectivity index (χ4v) is 4.41. The Kier molecular flexibility index (Phi) is 43.6. The number of rotatable bonds is 2. The van der Waals surface area contributed by atoms with Gasteiger partial charge in [0.25, 0.3) is 0 Å². The summed E-state index contributed by atoms with van der Waals surface area (Å²) in [4.78, 5) is 0. The van der Waals surface area contributed by atoms with Crippen LogP contribution in [0.1, 0.15) is 33.4 Å². The molecule has 0 amide bonds. The number of hydrogen-bond acceptors (Lipinski definition) is 4. The summed E-state index contributed by atoms with van der Waals surface area (Å²) in [6.45, 7) is 11.1. The first-order valence-electron chi connectivity index (χ1n) is 15.6. The first-order chi connectivity index (χ1) is 23.9. The molecule has 0 fully saturated rings. The van der Waals surface area contributed by atoms with Gasteiger partial charge in [0.2, 0.25) is 0 Å². The van der Waals surface area contributed by atoms with Crippen molar-refractivity contribution in [3.05, 3.63) is 179 Å². The topological polar surface area (TPSA) is 92.2 Å². The van der Waals surface area contributed by atoms with Gasteiger partial charge < -0.3 is 20.1 Å². The predicted molar refractivity (Wildman–Crippen MR) is 213 cm³/mol. The smallest absolute Gasteiger partial charge is 0.889 e. The van der Waals surface area contributed by atoms with Gasteiger partial charge in [-0.2, -0.15) is 72.8 Å². The predicted octanol–water partition coefficient (Wildman–Crippen LogP) is 6.52. The zero-order valence-corrected chi connectivity index (χ0v) is 38.5. The second-order valence-electron chi connectivity index (χ2n) is 10.3. The van der Waals surface area contributed by atoms with Crippen LogP contribution in [0.3, 0.4) is 0 Å². The van der Waals surface area contributed by atoms with Gasteiger partial charge in [-0.15, -0.1) is 57.3 Å². The molecule has 0 heterocycles. The average Bonchev–Trinajstić information content (AvgIpc) is 3.87. The minimum atomic E-state index is -1.86. The summed E-state index contributed by atoms with van der Waals surface area (Å²) < 4.78 is 0. The number of halogens is 4. The van der Waals surface area contributed by atoms with Gasteiger partial charge in [0.05, 0.1) is 10.7 Å². The minimum Gasteiger partial charge on any atom is -0.889 e. The van der Waals surface area contributed by atoms with Crippen molar-refractivity contribution in [3.8, 4) is 0 Å². The summed E-state index contributed by atoms with van der Waals surface area (Å²) in [6.07, 6.45) is 0. The zero-order valence-electron chi connectivity index (χ0n) is 30.6. The standard InChI is InChI=1S/2C9H11BO2.4C5H5.2CH2Cl2.2Zr/c2*1-6-4-7(2)9(10(11)12)8(3)5-6;4*1-2-4-5-3-1;2*2-1-3;;/h2*4-5H,1-3H3;4*1-5H;2*1H2;;/q2*-2;4*-1;;;2*+4. The Morgan fingerprint density at radius 2 is 0.558 bits per heavy atom. The molecular weight excluding hydrogens is 890 g/mol. The van der Waals surface area contributed by atoms with E-state index in [1.807, 2.05) is 159 Å². The molecule has 0 N–H and O–H groups in total.